The largest absolute Gasteiger partial charge is 0.392 e. The van der Waals surface area contributed by atoms with E-state index < -0.39 is 9.04 Å². The highest BCUT2D eigenvalue weighted by molar-refractivity contribution is 8.00. The van der Waals surface area contributed by atoms with E-state index in [1.807, 2.05) is 11.8 Å². The number of aliphatic imine (C=N–C) groups is 1. The Morgan fingerprint density at radius 2 is 2.08 bits per heavy atom. The van der Waals surface area contributed by atoms with E-state index in [0.29, 0.717) is 0 Å². The van der Waals surface area contributed by atoms with Crippen molar-refractivity contribution in [3.05, 3.63) is 0 Å². The molecule has 13 heavy (non-hydrogen) atoms. The monoisotopic (exact) mass is 217 g/mol. The predicted molar refractivity (Wildman–Crippen MR) is 63.1 cm³/mol. The topological polar surface area (TPSA) is 21.6 Å². The Morgan fingerprint density at radius 1 is 1.46 bits per heavy atom. The molecule has 1 atom stereocenters. The zero-order valence-electron chi connectivity index (χ0n) is 9.13. The van der Waals surface area contributed by atoms with Crippen LogP contribution < -0.4 is 0 Å². The van der Waals surface area contributed by atoms with Crippen LogP contribution in [0.1, 0.15) is 20.8 Å². The van der Waals surface area contributed by atoms with Crippen LogP contribution in [0.25, 0.3) is 0 Å². The molecule has 0 N–H and O–H groups in total. The summed E-state index contributed by atoms with van der Waals surface area (Å²) in [5, 5.41) is 0. The Morgan fingerprint density at radius 3 is 2.46 bits per heavy atom. The molecule has 0 aliphatic carbocycles. The van der Waals surface area contributed by atoms with Crippen LogP contribution in [0.5, 0.6) is 0 Å². The first-order valence-electron chi connectivity index (χ1n) is 4.74. The summed E-state index contributed by atoms with van der Waals surface area (Å²) < 4.78 is 5.75. The molecule has 0 aromatic rings. The third-order valence-corrected chi connectivity index (χ3v) is 3.82. The molecule has 76 valence electrons. The number of nitrogens with zero attached hydrogens (tertiary/aromatic N) is 1. The summed E-state index contributed by atoms with van der Waals surface area (Å²) in [6.45, 7) is 11.0. The molecule has 0 bridgehead atoms. The number of hydrogen-bond donors (Lipinski definition) is 0. The molecule has 0 aromatic heterocycles. The summed E-state index contributed by atoms with van der Waals surface area (Å²) in [7, 11) is -0.933. The van der Waals surface area contributed by atoms with Crippen molar-refractivity contribution in [3.63, 3.8) is 0 Å². The summed E-state index contributed by atoms with van der Waals surface area (Å²) in [5.74, 6) is 1.04. The molecule has 0 spiro atoms. The van der Waals surface area contributed by atoms with Gasteiger partial charge >= 0.3 is 0 Å². The third kappa shape index (κ3) is 3.44. The van der Waals surface area contributed by atoms with Gasteiger partial charge in [-0.15, -0.1) is 11.8 Å². The zero-order valence-corrected chi connectivity index (χ0v) is 11.1. The number of hydrogen-bond acceptors (Lipinski definition) is 3. The van der Waals surface area contributed by atoms with Gasteiger partial charge < -0.3 is 4.43 Å². The van der Waals surface area contributed by atoms with Gasteiger partial charge in [-0.2, -0.15) is 0 Å². The van der Waals surface area contributed by atoms with E-state index in [9.17, 15) is 0 Å². The van der Waals surface area contributed by atoms with Gasteiger partial charge in [0.2, 0.25) is 0 Å². The molecule has 0 aromatic carbocycles. The van der Waals surface area contributed by atoms with Gasteiger partial charge in [0.25, 0.3) is 0 Å². The van der Waals surface area contributed by atoms with Crippen molar-refractivity contribution >= 4 is 26.5 Å². The van der Waals surface area contributed by atoms with Gasteiger partial charge in [-0.1, -0.05) is 20.8 Å². The molecular formula is C9H19NOSSi. The van der Waals surface area contributed by atoms with E-state index in [-0.39, 0.29) is 11.0 Å². The number of rotatable bonds is 2. The van der Waals surface area contributed by atoms with Crippen molar-refractivity contribution in [2.45, 2.75) is 39.4 Å². The van der Waals surface area contributed by atoms with Gasteiger partial charge in [-0.05, 0) is 13.1 Å². The molecule has 0 amide bonds. The van der Waals surface area contributed by atoms with E-state index in [1.54, 1.807) is 0 Å². The second kappa shape index (κ2) is 4.15. The highest BCUT2D eigenvalue weighted by Gasteiger charge is 2.27. The number of thioether (sulfide) groups is 1. The summed E-state index contributed by atoms with van der Waals surface area (Å²) in [6.07, 6.45) is 0. The van der Waals surface area contributed by atoms with Crippen LogP contribution in [0.4, 0.5) is 0 Å². The maximum Gasteiger partial charge on any atom is 0.187 e. The lowest BCUT2D eigenvalue weighted by Crippen LogP contribution is -2.20. The van der Waals surface area contributed by atoms with Gasteiger partial charge in [-0.3, -0.25) is 4.99 Å². The minimum atomic E-state index is -0.933. The fourth-order valence-electron chi connectivity index (χ4n) is 1.06. The SMILES string of the molecule is C[SiH](C)OC1N=C(C(C)(C)C)CS1. The fourth-order valence-corrected chi connectivity index (χ4v) is 3.58. The molecule has 0 radical (unpaired) electrons. The highest BCUT2D eigenvalue weighted by Crippen LogP contribution is 2.30. The molecule has 1 rings (SSSR count). The minimum Gasteiger partial charge on any atom is -0.392 e. The third-order valence-electron chi connectivity index (χ3n) is 1.88. The molecular weight excluding hydrogens is 198 g/mol. The Kier molecular flexibility index (Phi) is 3.60. The van der Waals surface area contributed by atoms with E-state index in [4.69, 9.17) is 4.43 Å². The lowest BCUT2D eigenvalue weighted by atomic mass is 9.91. The average molecular weight is 217 g/mol. The first-order valence-corrected chi connectivity index (χ1v) is 8.57. The normalized spacial score (nSPS) is 23.8. The van der Waals surface area contributed by atoms with Gasteiger partial charge in [0, 0.05) is 16.9 Å². The second-order valence-electron chi connectivity index (χ2n) is 4.63. The Bertz CT molecular complexity index is 210. The summed E-state index contributed by atoms with van der Waals surface area (Å²) in [6, 6.07) is 0. The molecule has 0 saturated heterocycles. The first kappa shape index (κ1) is 11.3. The van der Waals surface area contributed by atoms with E-state index in [0.717, 1.165) is 5.75 Å². The molecule has 4 heteroatoms. The van der Waals surface area contributed by atoms with Gasteiger partial charge in [0.15, 0.2) is 14.6 Å². The van der Waals surface area contributed by atoms with Crippen LogP contribution in [0.2, 0.25) is 13.1 Å². The molecule has 0 fully saturated rings. The quantitative estimate of drug-likeness (QED) is 0.663. The van der Waals surface area contributed by atoms with Crippen LogP contribution in [0, 0.1) is 5.41 Å². The summed E-state index contributed by atoms with van der Waals surface area (Å²) >= 11 is 1.81. The summed E-state index contributed by atoms with van der Waals surface area (Å²) in [5.41, 5.74) is 1.60. The lowest BCUT2D eigenvalue weighted by Gasteiger charge is -2.17. The van der Waals surface area contributed by atoms with Crippen LogP contribution in [-0.4, -0.2) is 26.1 Å². The fraction of sp³-hybridized carbons (Fsp3) is 0.889. The van der Waals surface area contributed by atoms with Gasteiger partial charge in [-0.25, -0.2) is 0 Å². The smallest absolute Gasteiger partial charge is 0.187 e. The van der Waals surface area contributed by atoms with Crippen molar-refractivity contribution < 1.29 is 4.43 Å². The standard InChI is InChI=1S/C9H19NOSSi/c1-9(2,3)7-6-12-8(10-7)11-13(4)5/h8,13H,6H2,1-5H3. The first-order chi connectivity index (χ1) is 5.89. The molecule has 1 unspecified atom stereocenters. The van der Waals surface area contributed by atoms with Crippen LogP contribution >= 0.6 is 11.8 Å². The van der Waals surface area contributed by atoms with Crippen LogP contribution in [-0.2, 0) is 4.43 Å². The van der Waals surface area contributed by atoms with Crippen molar-refractivity contribution in [1.82, 2.24) is 0 Å². The Balaban J connectivity index is 2.54. The van der Waals surface area contributed by atoms with Crippen LogP contribution in [0.3, 0.4) is 0 Å². The highest BCUT2D eigenvalue weighted by atomic mass is 32.2. The molecule has 2 nitrogen and oxygen atoms in total. The minimum absolute atomic E-state index is 0.0980. The molecule has 0 saturated carbocycles. The van der Waals surface area contributed by atoms with Crippen molar-refractivity contribution in [2.75, 3.05) is 5.75 Å². The van der Waals surface area contributed by atoms with Crippen molar-refractivity contribution in [1.29, 1.82) is 0 Å². The van der Waals surface area contributed by atoms with Crippen molar-refractivity contribution in [3.8, 4) is 0 Å². The maximum absolute atomic E-state index is 5.75. The van der Waals surface area contributed by atoms with Gasteiger partial charge in [0.1, 0.15) is 0 Å². The second-order valence-corrected chi connectivity index (χ2v) is 8.02. The average Bonchev–Trinajstić information content (AvgIpc) is 2.32. The molecule has 1 aliphatic rings. The van der Waals surface area contributed by atoms with Crippen molar-refractivity contribution in [2.24, 2.45) is 10.4 Å². The zero-order chi connectivity index (χ0) is 10.1. The Hall–Kier alpha value is 0.197. The molecule has 1 heterocycles. The van der Waals surface area contributed by atoms with E-state index in [2.05, 4.69) is 38.9 Å². The van der Waals surface area contributed by atoms with E-state index >= 15 is 0 Å². The lowest BCUT2D eigenvalue weighted by molar-refractivity contribution is 0.307. The van der Waals surface area contributed by atoms with Crippen LogP contribution in [0.15, 0.2) is 4.99 Å². The Labute approximate surface area is 86.9 Å². The summed E-state index contributed by atoms with van der Waals surface area (Å²) in [4.78, 5) is 4.59. The predicted octanol–water partition coefficient (Wildman–Crippen LogP) is 2.50. The van der Waals surface area contributed by atoms with Gasteiger partial charge in [0.05, 0.1) is 0 Å². The molecule has 1 aliphatic heterocycles. The maximum atomic E-state index is 5.75. The van der Waals surface area contributed by atoms with E-state index in [1.165, 1.54) is 5.71 Å².